The second-order valence-electron chi connectivity index (χ2n) is 7.95. The smallest absolute Gasteiger partial charge is 0.411 e. The van der Waals surface area contributed by atoms with Crippen molar-refractivity contribution in [3.05, 3.63) is 59.5 Å². The summed E-state index contributed by atoms with van der Waals surface area (Å²) in [5, 5.41) is 2.59. The molecule has 2 aromatic rings. The van der Waals surface area contributed by atoms with Crippen LogP contribution in [0.2, 0.25) is 0 Å². The second kappa shape index (κ2) is 7.51. The van der Waals surface area contributed by atoms with Crippen LogP contribution in [0.5, 0.6) is 0 Å². The predicted octanol–water partition coefficient (Wildman–Crippen LogP) is 2.12. The lowest BCUT2D eigenvalue weighted by atomic mass is 9.99. The van der Waals surface area contributed by atoms with Crippen LogP contribution in [0.1, 0.15) is 40.6 Å². The van der Waals surface area contributed by atoms with Gasteiger partial charge in [0.2, 0.25) is 5.91 Å². The van der Waals surface area contributed by atoms with E-state index in [4.69, 9.17) is 9.15 Å². The Bertz CT molecular complexity index is 965. The highest BCUT2D eigenvalue weighted by Crippen LogP contribution is 2.44. The van der Waals surface area contributed by atoms with Crippen molar-refractivity contribution in [1.82, 2.24) is 15.1 Å². The minimum atomic E-state index is -0.408. The van der Waals surface area contributed by atoms with E-state index >= 15 is 0 Å². The fourth-order valence-corrected chi connectivity index (χ4v) is 4.81. The Labute approximate surface area is 173 Å². The summed E-state index contributed by atoms with van der Waals surface area (Å²) >= 11 is 0. The van der Waals surface area contributed by atoms with Crippen LogP contribution in [0.15, 0.2) is 47.1 Å². The third-order valence-corrected chi connectivity index (χ3v) is 6.27. The molecule has 2 saturated heterocycles. The van der Waals surface area contributed by atoms with Crippen molar-refractivity contribution >= 4 is 17.9 Å². The molecule has 1 aromatic heterocycles. The van der Waals surface area contributed by atoms with E-state index in [1.54, 1.807) is 17.0 Å². The first kappa shape index (κ1) is 18.7. The average molecular weight is 409 g/mol. The van der Waals surface area contributed by atoms with E-state index in [1.165, 1.54) is 17.4 Å². The Morgan fingerprint density at radius 2 is 1.90 bits per heavy atom. The third kappa shape index (κ3) is 3.22. The molecule has 0 bridgehead atoms. The molecule has 0 saturated carbocycles. The van der Waals surface area contributed by atoms with E-state index < -0.39 is 5.91 Å². The van der Waals surface area contributed by atoms with Gasteiger partial charge in [0, 0.05) is 25.6 Å². The monoisotopic (exact) mass is 409 g/mol. The van der Waals surface area contributed by atoms with Crippen LogP contribution in [-0.4, -0.2) is 59.5 Å². The number of nitrogens with zero attached hydrogens (tertiary/aromatic N) is 2. The van der Waals surface area contributed by atoms with Crippen molar-refractivity contribution in [2.24, 2.45) is 0 Å². The van der Waals surface area contributed by atoms with Gasteiger partial charge in [-0.15, -0.1) is 0 Å². The maximum atomic E-state index is 12.6. The van der Waals surface area contributed by atoms with E-state index in [0.29, 0.717) is 25.9 Å². The lowest BCUT2D eigenvalue weighted by Crippen LogP contribution is -2.49. The number of ether oxygens (including phenoxy) is 1. The molecule has 1 aromatic carbocycles. The molecule has 0 spiro atoms. The second-order valence-corrected chi connectivity index (χ2v) is 7.95. The molecule has 5 rings (SSSR count). The Kier molecular flexibility index (Phi) is 4.69. The molecule has 2 fully saturated rings. The fourth-order valence-electron chi connectivity index (χ4n) is 4.81. The number of piperidine rings is 1. The van der Waals surface area contributed by atoms with Crippen LogP contribution in [0, 0.1) is 0 Å². The quantitative estimate of drug-likeness (QED) is 0.835. The number of fused-ring (bicyclic) bond motifs is 3. The highest BCUT2D eigenvalue weighted by atomic mass is 16.6. The topological polar surface area (TPSA) is 92.1 Å². The zero-order valence-electron chi connectivity index (χ0n) is 16.5. The van der Waals surface area contributed by atoms with Crippen molar-refractivity contribution < 1.29 is 23.5 Å². The van der Waals surface area contributed by atoms with Crippen molar-refractivity contribution in [2.75, 3.05) is 19.6 Å². The van der Waals surface area contributed by atoms with Crippen LogP contribution in [0.3, 0.4) is 0 Å². The Hall–Kier alpha value is -3.29. The largest absolute Gasteiger partial charge is 0.459 e. The van der Waals surface area contributed by atoms with E-state index in [0.717, 1.165) is 6.42 Å². The summed E-state index contributed by atoms with van der Waals surface area (Å²) in [6.45, 7) is 1.01. The molecule has 0 radical (unpaired) electrons. The van der Waals surface area contributed by atoms with Gasteiger partial charge in [0.1, 0.15) is 6.10 Å². The van der Waals surface area contributed by atoms with Crippen molar-refractivity contribution in [2.45, 2.75) is 37.5 Å². The number of carbonyl (C=O) groups is 3. The number of furan rings is 1. The van der Waals surface area contributed by atoms with Crippen LogP contribution < -0.4 is 5.32 Å². The Morgan fingerprint density at radius 3 is 2.67 bits per heavy atom. The van der Waals surface area contributed by atoms with E-state index in [-0.39, 0.29) is 42.5 Å². The number of carbonyl (C=O) groups excluding carboxylic acids is 3. The molecule has 156 valence electrons. The molecule has 2 atom stereocenters. The summed E-state index contributed by atoms with van der Waals surface area (Å²) in [5.74, 6) is -0.365. The number of hydrogen-bond acceptors (Lipinski definition) is 5. The molecule has 2 aliphatic heterocycles. The average Bonchev–Trinajstić information content (AvgIpc) is 3.47. The van der Waals surface area contributed by atoms with Crippen LogP contribution in [-0.2, 0) is 16.0 Å². The summed E-state index contributed by atoms with van der Waals surface area (Å²) in [7, 11) is 0. The van der Waals surface area contributed by atoms with Gasteiger partial charge in [-0.1, -0.05) is 24.3 Å². The van der Waals surface area contributed by atoms with E-state index in [9.17, 15) is 14.4 Å². The van der Waals surface area contributed by atoms with Gasteiger partial charge in [0.05, 0.1) is 18.8 Å². The van der Waals surface area contributed by atoms with Gasteiger partial charge in [-0.3, -0.25) is 14.5 Å². The van der Waals surface area contributed by atoms with Gasteiger partial charge in [-0.2, -0.15) is 0 Å². The van der Waals surface area contributed by atoms with Gasteiger partial charge in [0.15, 0.2) is 5.76 Å². The SMILES string of the molecule is O=C(NCC(=O)N1CCC(N2C(=O)OC3Cc4ccccc4C32)CC1)c1ccco1. The maximum Gasteiger partial charge on any atom is 0.411 e. The lowest BCUT2D eigenvalue weighted by Gasteiger charge is -2.38. The van der Waals surface area contributed by atoms with Gasteiger partial charge in [-0.25, -0.2) is 4.79 Å². The number of benzene rings is 1. The van der Waals surface area contributed by atoms with E-state index in [2.05, 4.69) is 17.4 Å². The molecule has 3 amide bonds. The first-order valence-electron chi connectivity index (χ1n) is 10.3. The standard InChI is InChI=1S/C22H23N3O5/c26-19(13-23-21(27)17-6-3-11-29-17)24-9-7-15(8-10-24)25-20-16-5-2-1-4-14(16)12-18(20)30-22(25)28/h1-6,11,15,18,20H,7-10,12-13H2,(H,23,27). The minimum Gasteiger partial charge on any atom is -0.459 e. The summed E-state index contributed by atoms with van der Waals surface area (Å²) in [6, 6.07) is 11.4. The van der Waals surface area contributed by atoms with Crippen LogP contribution in [0.4, 0.5) is 4.79 Å². The first-order chi connectivity index (χ1) is 14.6. The predicted molar refractivity (Wildman–Crippen MR) is 106 cm³/mol. The Balaban J connectivity index is 1.18. The first-order valence-corrected chi connectivity index (χ1v) is 10.3. The molecule has 30 heavy (non-hydrogen) atoms. The van der Waals surface area contributed by atoms with Gasteiger partial charge in [0.25, 0.3) is 5.91 Å². The molecule has 1 aliphatic carbocycles. The number of rotatable bonds is 4. The highest BCUT2D eigenvalue weighted by molar-refractivity contribution is 5.94. The third-order valence-electron chi connectivity index (χ3n) is 6.27. The summed E-state index contributed by atoms with van der Waals surface area (Å²) in [4.78, 5) is 40.6. The van der Waals surface area contributed by atoms with E-state index in [1.807, 2.05) is 17.0 Å². The molecular formula is C22H23N3O5. The van der Waals surface area contributed by atoms with Gasteiger partial charge < -0.3 is 19.4 Å². The molecular weight excluding hydrogens is 386 g/mol. The molecule has 2 unspecified atom stereocenters. The zero-order valence-corrected chi connectivity index (χ0v) is 16.5. The zero-order chi connectivity index (χ0) is 20.7. The summed E-state index contributed by atoms with van der Waals surface area (Å²) < 4.78 is 10.7. The fraction of sp³-hybridized carbons (Fsp3) is 0.409. The van der Waals surface area contributed by atoms with Crippen molar-refractivity contribution in [3.63, 3.8) is 0 Å². The van der Waals surface area contributed by atoms with Crippen LogP contribution >= 0.6 is 0 Å². The number of nitrogens with one attached hydrogen (secondary N) is 1. The molecule has 3 aliphatic rings. The molecule has 8 heteroatoms. The normalized spacial score (nSPS) is 23.1. The molecule has 1 N–H and O–H groups in total. The molecule has 8 nitrogen and oxygen atoms in total. The maximum absolute atomic E-state index is 12.6. The van der Waals surface area contributed by atoms with Gasteiger partial charge in [-0.05, 0) is 36.1 Å². The highest BCUT2D eigenvalue weighted by Gasteiger charge is 2.50. The lowest BCUT2D eigenvalue weighted by molar-refractivity contribution is -0.131. The van der Waals surface area contributed by atoms with Crippen molar-refractivity contribution in [1.29, 1.82) is 0 Å². The summed E-state index contributed by atoms with van der Waals surface area (Å²) in [6.07, 6.45) is 3.19. The number of amides is 3. The Morgan fingerprint density at radius 1 is 1.10 bits per heavy atom. The summed E-state index contributed by atoms with van der Waals surface area (Å²) in [5.41, 5.74) is 2.41. The molecule has 3 heterocycles. The van der Waals surface area contributed by atoms with Crippen LogP contribution in [0.25, 0.3) is 0 Å². The van der Waals surface area contributed by atoms with Gasteiger partial charge >= 0.3 is 6.09 Å². The number of hydrogen-bond donors (Lipinski definition) is 1. The van der Waals surface area contributed by atoms with Crippen molar-refractivity contribution in [3.8, 4) is 0 Å². The minimum absolute atomic E-state index is 0.0338. The number of likely N-dealkylation sites (tertiary alicyclic amines) is 1.